The molecule has 0 aromatic rings. The van der Waals surface area contributed by atoms with Crippen LogP contribution in [-0.4, -0.2) is 6.61 Å². The lowest BCUT2D eigenvalue weighted by Crippen LogP contribution is -2.17. The normalized spacial score (nSPS) is 20.6. The van der Waals surface area contributed by atoms with Crippen molar-refractivity contribution in [3.63, 3.8) is 0 Å². The van der Waals surface area contributed by atoms with E-state index in [0.29, 0.717) is 5.92 Å². The van der Waals surface area contributed by atoms with Crippen LogP contribution in [0.4, 0.5) is 0 Å². The Balaban J connectivity index is 1.96. The van der Waals surface area contributed by atoms with Gasteiger partial charge in [0.25, 0.3) is 0 Å². The summed E-state index contributed by atoms with van der Waals surface area (Å²) in [5, 5.41) is 0. The van der Waals surface area contributed by atoms with Gasteiger partial charge in [-0.1, -0.05) is 97.5 Å². The zero-order valence-corrected chi connectivity index (χ0v) is 17.5. The molecule has 0 spiro atoms. The van der Waals surface area contributed by atoms with Crippen molar-refractivity contribution in [2.24, 2.45) is 11.8 Å². The number of hydrogen-bond donors (Lipinski definition) is 0. The Morgan fingerprint density at radius 3 is 1.84 bits per heavy atom. The van der Waals surface area contributed by atoms with Gasteiger partial charge >= 0.3 is 0 Å². The Labute approximate surface area is 159 Å². The van der Waals surface area contributed by atoms with Crippen molar-refractivity contribution >= 4 is 0 Å². The molecule has 1 aliphatic rings. The topological polar surface area (TPSA) is 9.23 Å². The first-order valence-corrected chi connectivity index (χ1v) is 11.6. The van der Waals surface area contributed by atoms with Gasteiger partial charge in [-0.05, 0) is 38.0 Å². The van der Waals surface area contributed by atoms with Crippen LogP contribution >= 0.6 is 0 Å². The van der Waals surface area contributed by atoms with Crippen molar-refractivity contribution in [2.75, 3.05) is 6.61 Å². The van der Waals surface area contributed by atoms with Crippen LogP contribution < -0.4 is 0 Å². The molecule has 1 aliphatic carbocycles. The van der Waals surface area contributed by atoms with E-state index in [-0.39, 0.29) is 0 Å². The fourth-order valence-corrected chi connectivity index (χ4v) is 4.19. The summed E-state index contributed by atoms with van der Waals surface area (Å²) >= 11 is 0. The molecule has 1 nitrogen and oxygen atoms in total. The molecule has 0 radical (unpaired) electrons. The van der Waals surface area contributed by atoms with Crippen LogP contribution in [0.3, 0.4) is 0 Å². The van der Waals surface area contributed by atoms with Crippen LogP contribution in [0, 0.1) is 11.8 Å². The summed E-state index contributed by atoms with van der Waals surface area (Å²) in [4.78, 5) is 0. The average Bonchev–Trinajstić information content (AvgIpc) is 2.64. The van der Waals surface area contributed by atoms with Gasteiger partial charge in [-0.3, -0.25) is 0 Å². The van der Waals surface area contributed by atoms with E-state index in [4.69, 9.17) is 4.74 Å². The largest absolute Gasteiger partial charge is 0.498 e. The Hall–Kier alpha value is -0.460. The molecule has 1 rings (SSSR count). The number of unbranched alkanes of at least 4 members (excludes halogenated alkanes) is 10. The Kier molecular flexibility index (Phi) is 14.2. The summed E-state index contributed by atoms with van der Waals surface area (Å²) in [6, 6.07) is 0. The van der Waals surface area contributed by atoms with Crippen LogP contribution in [0.1, 0.15) is 123 Å². The van der Waals surface area contributed by atoms with Crippen LogP contribution in [0.5, 0.6) is 0 Å². The third kappa shape index (κ3) is 11.7. The predicted octanol–water partition coefficient (Wildman–Crippen LogP) is 8.43. The zero-order chi connectivity index (χ0) is 18.2. The van der Waals surface area contributed by atoms with Crippen molar-refractivity contribution in [3.8, 4) is 0 Å². The molecule has 0 unspecified atom stereocenters. The van der Waals surface area contributed by atoms with Gasteiger partial charge in [-0.25, -0.2) is 0 Å². The number of hydrogen-bond acceptors (Lipinski definition) is 1. The number of allylic oxidation sites excluding steroid dienone is 1. The summed E-state index contributed by atoms with van der Waals surface area (Å²) < 4.78 is 5.95. The molecular weight excluding hydrogens is 304 g/mol. The minimum Gasteiger partial charge on any atom is -0.498 e. The van der Waals surface area contributed by atoms with Crippen molar-refractivity contribution < 1.29 is 4.74 Å². The lowest BCUT2D eigenvalue weighted by atomic mass is 9.79. The second kappa shape index (κ2) is 15.8. The summed E-state index contributed by atoms with van der Waals surface area (Å²) in [6.07, 6.45) is 23.5. The molecule has 1 heteroatoms. The zero-order valence-electron chi connectivity index (χ0n) is 17.5. The summed E-state index contributed by atoms with van der Waals surface area (Å²) in [5.74, 6) is 2.71. The van der Waals surface area contributed by atoms with Gasteiger partial charge in [0.1, 0.15) is 0 Å². The van der Waals surface area contributed by atoms with Gasteiger partial charge in [0.2, 0.25) is 0 Å². The standard InChI is InChI=1S/C24H46O/c1-4-6-8-10-11-12-14-16-23-17-19-24(20-18-23)22(3)25-21-15-13-9-7-5-2/h23-24H,3-21H2,1-2H3. The van der Waals surface area contributed by atoms with E-state index >= 15 is 0 Å². The smallest absolute Gasteiger partial charge is 0.0918 e. The monoisotopic (exact) mass is 350 g/mol. The lowest BCUT2D eigenvalue weighted by molar-refractivity contribution is 0.145. The SMILES string of the molecule is C=C(OCCCCCCC)C1CCC(CCCCCCCCC)CC1. The fourth-order valence-electron chi connectivity index (χ4n) is 4.19. The fraction of sp³-hybridized carbons (Fsp3) is 0.917. The van der Waals surface area contributed by atoms with E-state index in [2.05, 4.69) is 20.4 Å². The second-order valence-electron chi connectivity index (χ2n) is 8.36. The van der Waals surface area contributed by atoms with E-state index in [1.54, 1.807) is 0 Å². The van der Waals surface area contributed by atoms with Gasteiger partial charge in [0, 0.05) is 5.92 Å². The summed E-state index contributed by atoms with van der Waals surface area (Å²) in [7, 11) is 0. The molecular formula is C24H46O. The minimum absolute atomic E-state index is 0.640. The van der Waals surface area contributed by atoms with E-state index in [1.165, 1.54) is 109 Å². The van der Waals surface area contributed by atoms with Crippen LogP contribution in [-0.2, 0) is 4.74 Å². The lowest BCUT2D eigenvalue weighted by Gasteiger charge is -2.29. The Morgan fingerprint density at radius 2 is 1.24 bits per heavy atom. The maximum atomic E-state index is 5.95. The molecule has 1 saturated carbocycles. The molecule has 25 heavy (non-hydrogen) atoms. The van der Waals surface area contributed by atoms with Crippen LogP contribution in [0.15, 0.2) is 12.3 Å². The van der Waals surface area contributed by atoms with Crippen LogP contribution in [0.25, 0.3) is 0 Å². The molecule has 0 aliphatic heterocycles. The Bertz CT molecular complexity index is 301. The van der Waals surface area contributed by atoms with E-state index in [9.17, 15) is 0 Å². The minimum atomic E-state index is 0.640. The number of rotatable bonds is 16. The van der Waals surface area contributed by atoms with Crippen molar-refractivity contribution in [2.45, 2.75) is 123 Å². The molecule has 0 amide bonds. The highest BCUT2D eigenvalue weighted by Gasteiger charge is 2.23. The second-order valence-corrected chi connectivity index (χ2v) is 8.36. The summed E-state index contributed by atoms with van der Waals surface area (Å²) in [5.41, 5.74) is 0. The maximum absolute atomic E-state index is 5.95. The maximum Gasteiger partial charge on any atom is 0.0918 e. The van der Waals surface area contributed by atoms with Crippen molar-refractivity contribution in [1.29, 1.82) is 0 Å². The first-order chi connectivity index (χ1) is 12.3. The van der Waals surface area contributed by atoms with Gasteiger partial charge in [-0.2, -0.15) is 0 Å². The third-order valence-corrected chi connectivity index (χ3v) is 6.05. The highest BCUT2D eigenvalue weighted by Crippen LogP contribution is 2.35. The molecule has 0 saturated heterocycles. The molecule has 0 heterocycles. The first kappa shape index (κ1) is 22.6. The van der Waals surface area contributed by atoms with Crippen molar-refractivity contribution in [3.05, 3.63) is 12.3 Å². The quantitative estimate of drug-likeness (QED) is 0.200. The van der Waals surface area contributed by atoms with E-state index in [1.807, 2.05) is 0 Å². The van der Waals surface area contributed by atoms with Gasteiger partial charge < -0.3 is 4.74 Å². The van der Waals surface area contributed by atoms with E-state index in [0.717, 1.165) is 18.3 Å². The number of ether oxygens (including phenoxy) is 1. The summed E-state index contributed by atoms with van der Waals surface area (Å²) in [6.45, 7) is 9.68. The molecule has 0 N–H and O–H groups in total. The molecule has 148 valence electrons. The molecule has 0 aromatic carbocycles. The molecule has 1 fully saturated rings. The molecule has 0 atom stereocenters. The van der Waals surface area contributed by atoms with E-state index < -0.39 is 0 Å². The highest BCUT2D eigenvalue weighted by atomic mass is 16.5. The van der Waals surface area contributed by atoms with Gasteiger partial charge in [-0.15, -0.1) is 0 Å². The van der Waals surface area contributed by atoms with Crippen LogP contribution in [0.2, 0.25) is 0 Å². The Morgan fingerprint density at radius 1 is 0.720 bits per heavy atom. The highest BCUT2D eigenvalue weighted by molar-refractivity contribution is 4.93. The van der Waals surface area contributed by atoms with Crippen molar-refractivity contribution in [1.82, 2.24) is 0 Å². The third-order valence-electron chi connectivity index (χ3n) is 6.05. The predicted molar refractivity (Wildman–Crippen MR) is 112 cm³/mol. The van der Waals surface area contributed by atoms with Gasteiger partial charge in [0.15, 0.2) is 0 Å². The molecule has 0 bridgehead atoms. The first-order valence-electron chi connectivity index (χ1n) is 11.6. The average molecular weight is 351 g/mol. The van der Waals surface area contributed by atoms with Gasteiger partial charge in [0.05, 0.1) is 12.4 Å². The molecule has 0 aromatic heterocycles.